The van der Waals surface area contributed by atoms with Crippen LogP contribution in [0.25, 0.3) is 0 Å². The van der Waals surface area contributed by atoms with E-state index in [9.17, 15) is 24.3 Å². The highest BCUT2D eigenvalue weighted by atomic mass is 35.5. The van der Waals surface area contributed by atoms with Crippen LogP contribution < -0.4 is 5.32 Å². The minimum atomic E-state index is -1.30. The van der Waals surface area contributed by atoms with Crippen LogP contribution in [0, 0.1) is 0 Å². The van der Waals surface area contributed by atoms with Crippen molar-refractivity contribution >= 4 is 47.1 Å². The Hall–Kier alpha value is -2.53. The van der Waals surface area contributed by atoms with Gasteiger partial charge in [0.15, 0.2) is 5.69 Å². The van der Waals surface area contributed by atoms with Gasteiger partial charge in [0.05, 0.1) is 5.02 Å². The van der Waals surface area contributed by atoms with E-state index in [0.717, 1.165) is 4.90 Å². The Kier molecular flexibility index (Phi) is 5.16. The van der Waals surface area contributed by atoms with Crippen molar-refractivity contribution in [3.05, 3.63) is 28.2 Å². The van der Waals surface area contributed by atoms with Gasteiger partial charge in [-0.25, -0.2) is 4.79 Å². The van der Waals surface area contributed by atoms with Crippen LogP contribution in [-0.2, 0) is 26.2 Å². The first kappa shape index (κ1) is 19.2. The number of hydrogen-bond acceptors (Lipinski definition) is 7. The molecule has 0 spiro atoms. The van der Waals surface area contributed by atoms with Crippen molar-refractivity contribution in [3.8, 4) is 0 Å². The number of thioether (sulfide) groups is 1. The summed E-state index contributed by atoms with van der Waals surface area (Å²) in [4.78, 5) is 48.5. The number of nitrogens with one attached hydrogen (secondary N) is 1. The van der Waals surface area contributed by atoms with Crippen molar-refractivity contribution in [1.29, 1.82) is 0 Å². The topological polar surface area (TPSA) is 131 Å². The molecule has 2 atom stereocenters. The van der Waals surface area contributed by atoms with Gasteiger partial charge in [-0.05, 0) is 0 Å². The highest BCUT2D eigenvalue weighted by Gasteiger charge is 2.54. The summed E-state index contributed by atoms with van der Waals surface area (Å²) in [5.74, 6) is -2.78. The van der Waals surface area contributed by atoms with Crippen LogP contribution in [0.4, 0.5) is 0 Å². The Morgan fingerprint density at radius 1 is 1.48 bits per heavy atom. The molecule has 0 aromatic carbocycles. The van der Waals surface area contributed by atoms with Gasteiger partial charge in [0.25, 0.3) is 11.8 Å². The fourth-order valence-corrected chi connectivity index (χ4v) is 4.40. The SMILES string of the molecule is CC(=O)OCC1=C(C(=O)O)N2C(=O)[C@H](NC(=O)c3nn(C)cc3Cl)[C@@H]2SC1. The van der Waals surface area contributed by atoms with E-state index in [-0.39, 0.29) is 28.8 Å². The summed E-state index contributed by atoms with van der Waals surface area (Å²) >= 11 is 7.20. The summed E-state index contributed by atoms with van der Waals surface area (Å²) in [5.41, 5.74) is 0.0898. The van der Waals surface area contributed by atoms with E-state index in [1.54, 1.807) is 7.05 Å². The zero-order valence-electron chi connectivity index (χ0n) is 14.3. The molecule has 10 nitrogen and oxygen atoms in total. The molecule has 2 aliphatic heterocycles. The van der Waals surface area contributed by atoms with Gasteiger partial charge in [-0.2, -0.15) is 5.10 Å². The number of carboxylic acid groups (broad SMARTS) is 1. The van der Waals surface area contributed by atoms with Gasteiger partial charge in [0.1, 0.15) is 23.7 Å². The van der Waals surface area contributed by atoms with Crippen molar-refractivity contribution in [2.75, 3.05) is 12.4 Å². The zero-order valence-corrected chi connectivity index (χ0v) is 15.8. The monoisotopic (exact) mass is 414 g/mol. The van der Waals surface area contributed by atoms with Crippen LogP contribution in [0.2, 0.25) is 5.02 Å². The van der Waals surface area contributed by atoms with Gasteiger partial charge in [0.2, 0.25) is 0 Å². The predicted octanol–water partition coefficient (Wildman–Crippen LogP) is -0.0112. The van der Waals surface area contributed by atoms with Crippen molar-refractivity contribution in [2.24, 2.45) is 7.05 Å². The molecule has 2 aliphatic rings. The maximum absolute atomic E-state index is 12.5. The first-order chi connectivity index (χ1) is 12.7. The van der Waals surface area contributed by atoms with Gasteiger partial charge >= 0.3 is 11.9 Å². The Balaban J connectivity index is 1.77. The molecule has 144 valence electrons. The molecule has 27 heavy (non-hydrogen) atoms. The smallest absolute Gasteiger partial charge is 0.352 e. The van der Waals surface area contributed by atoms with E-state index in [0.29, 0.717) is 5.57 Å². The molecular weight excluding hydrogens is 400 g/mol. The Bertz CT molecular complexity index is 882. The summed E-state index contributed by atoms with van der Waals surface area (Å²) in [6.07, 6.45) is 1.45. The number of ether oxygens (including phenoxy) is 1. The van der Waals surface area contributed by atoms with E-state index in [4.69, 9.17) is 16.3 Å². The van der Waals surface area contributed by atoms with E-state index in [1.165, 1.54) is 29.6 Å². The van der Waals surface area contributed by atoms with Crippen molar-refractivity contribution < 1.29 is 29.0 Å². The van der Waals surface area contributed by atoms with E-state index in [1.807, 2.05) is 0 Å². The Labute approximate surface area is 162 Å². The number of aliphatic carboxylic acids is 1. The second-order valence-electron chi connectivity index (χ2n) is 5.90. The average molecular weight is 415 g/mol. The highest BCUT2D eigenvalue weighted by Crippen LogP contribution is 2.40. The lowest BCUT2D eigenvalue weighted by Crippen LogP contribution is -2.70. The molecule has 1 fully saturated rings. The van der Waals surface area contributed by atoms with Gasteiger partial charge in [-0.15, -0.1) is 11.8 Å². The molecule has 12 heteroatoms. The molecule has 2 N–H and O–H groups in total. The van der Waals surface area contributed by atoms with Crippen molar-refractivity contribution in [3.63, 3.8) is 0 Å². The lowest BCUT2D eigenvalue weighted by Gasteiger charge is -2.49. The van der Waals surface area contributed by atoms with Crippen molar-refractivity contribution in [1.82, 2.24) is 20.0 Å². The second kappa shape index (κ2) is 7.24. The molecule has 0 unspecified atom stereocenters. The Morgan fingerprint density at radius 3 is 2.74 bits per heavy atom. The quantitative estimate of drug-likeness (QED) is 0.508. The molecule has 0 bridgehead atoms. The summed E-state index contributed by atoms with van der Waals surface area (Å²) in [7, 11) is 1.60. The molecular formula is C15H15ClN4O6S. The molecule has 2 amide bonds. The number of rotatable bonds is 5. The average Bonchev–Trinajstić information content (AvgIpc) is 2.94. The van der Waals surface area contributed by atoms with Crippen LogP contribution in [0.5, 0.6) is 0 Å². The third-order valence-corrected chi connectivity index (χ3v) is 5.60. The summed E-state index contributed by atoms with van der Waals surface area (Å²) in [5, 5.41) is 15.5. The number of aromatic nitrogens is 2. The lowest BCUT2D eigenvalue weighted by atomic mass is 10.0. The number of esters is 1. The third-order valence-electron chi connectivity index (χ3n) is 3.99. The Morgan fingerprint density at radius 2 is 2.19 bits per heavy atom. The third kappa shape index (κ3) is 3.52. The molecule has 0 aliphatic carbocycles. The number of hydrogen-bond donors (Lipinski definition) is 2. The van der Waals surface area contributed by atoms with Crippen LogP contribution in [-0.4, -0.2) is 67.3 Å². The predicted molar refractivity (Wildman–Crippen MR) is 93.9 cm³/mol. The lowest BCUT2D eigenvalue weighted by molar-refractivity contribution is -0.149. The molecule has 1 saturated heterocycles. The molecule has 0 saturated carbocycles. The minimum absolute atomic E-state index is 0.0178. The van der Waals surface area contributed by atoms with E-state index >= 15 is 0 Å². The fraction of sp³-hybridized carbons (Fsp3) is 0.400. The van der Waals surface area contributed by atoms with Crippen LogP contribution in [0.15, 0.2) is 17.5 Å². The van der Waals surface area contributed by atoms with Gasteiger partial charge in [0, 0.05) is 31.5 Å². The number of carbonyl (C=O) groups is 4. The maximum atomic E-state index is 12.5. The van der Waals surface area contributed by atoms with Crippen molar-refractivity contribution in [2.45, 2.75) is 18.3 Å². The number of nitrogens with zero attached hydrogens (tertiary/aromatic N) is 3. The summed E-state index contributed by atoms with van der Waals surface area (Å²) < 4.78 is 6.23. The van der Waals surface area contributed by atoms with Crippen LogP contribution >= 0.6 is 23.4 Å². The molecule has 3 heterocycles. The highest BCUT2D eigenvalue weighted by molar-refractivity contribution is 8.00. The van der Waals surface area contributed by atoms with Gasteiger partial charge < -0.3 is 15.2 Å². The maximum Gasteiger partial charge on any atom is 0.352 e. The molecule has 0 radical (unpaired) electrons. The molecule has 1 aromatic heterocycles. The number of carbonyl (C=O) groups excluding carboxylic acids is 3. The van der Waals surface area contributed by atoms with Gasteiger partial charge in [-0.1, -0.05) is 11.6 Å². The standard InChI is InChI=1S/C15H15ClN4O6S/c1-6(21)26-4-7-5-27-14-10(13(23)20(14)11(7)15(24)25)17-12(22)9-8(16)3-19(2)18-9/h3,10,14H,4-5H2,1-2H3,(H,17,22)(H,24,25)/t10-,14-/m0/s1. The first-order valence-corrected chi connectivity index (χ1v) is 9.16. The largest absolute Gasteiger partial charge is 0.477 e. The number of fused-ring (bicyclic) bond motifs is 1. The number of halogens is 1. The minimum Gasteiger partial charge on any atom is -0.477 e. The molecule has 1 aromatic rings. The number of carboxylic acids is 1. The normalized spacial score (nSPS) is 21.4. The van der Waals surface area contributed by atoms with E-state index < -0.39 is 35.2 Å². The number of aryl methyl sites for hydroxylation is 1. The molecule has 3 rings (SSSR count). The number of amides is 2. The summed E-state index contributed by atoms with van der Waals surface area (Å²) in [6, 6.07) is -0.898. The zero-order chi connectivity index (χ0) is 19.9. The summed E-state index contributed by atoms with van der Waals surface area (Å²) in [6.45, 7) is 1.00. The number of β-lactam (4-membered cyclic amide) rings is 1. The second-order valence-corrected chi connectivity index (χ2v) is 7.41. The van der Waals surface area contributed by atoms with Gasteiger partial charge in [-0.3, -0.25) is 24.0 Å². The fourth-order valence-electron chi connectivity index (χ4n) is 2.81. The van der Waals surface area contributed by atoms with E-state index in [2.05, 4.69) is 10.4 Å². The van der Waals surface area contributed by atoms with Crippen LogP contribution in [0.3, 0.4) is 0 Å². The first-order valence-electron chi connectivity index (χ1n) is 7.74. The van der Waals surface area contributed by atoms with Crippen LogP contribution in [0.1, 0.15) is 17.4 Å².